The van der Waals surface area contributed by atoms with Gasteiger partial charge in [0, 0.05) is 37.8 Å². The Morgan fingerprint density at radius 2 is 1.84 bits per heavy atom. The van der Waals surface area contributed by atoms with Crippen LogP contribution in [0.4, 0.5) is 10.5 Å². The SMILES string of the molecule is COc1cc(Oc2ccnc3cc(-c4nccn4C)sc23)ccc1N(C(N)=O)C(=O)Cc1ccccc1. The summed E-state index contributed by atoms with van der Waals surface area (Å²) in [5, 5.41) is 0. The number of aryl methyl sites for hydroxylation is 1. The van der Waals surface area contributed by atoms with Gasteiger partial charge >= 0.3 is 6.03 Å². The number of imide groups is 1. The number of imidazole rings is 1. The minimum atomic E-state index is -0.899. The molecule has 0 fully saturated rings. The first-order chi connectivity index (χ1) is 17.9. The fourth-order valence-corrected chi connectivity index (χ4v) is 5.07. The van der Waals surface area contributed by atoms with Crippen LogP contribution in [0.5, 0.6) is 17.2 Å². The predicted molar refractivity (Wildman–Crippen MR) is 142 cm³/mol. The summed E-state index contributed by atoms with van der Waals surface area (Å²) in [5.74, 6) is 1.70. The molecule has 3 amide bonds. The molecule has 0 aliphatic carbocycles. The van der Waals surface area contributed by atoms with Crippen LogP contribution in [0.15, 0.2) is 79.3 Å². The van der Waals surface area contributed by atoms with Crippen LogP contribution in [0, 0.1) is 0 Å². The zero-order chi connectivity index (χ0) is 25.9. The number of benzene rings is 2. The lowest BCUT2D eigenvalue weighted by Crippen LogP contribution is -2.42. The molecule has 0 radical (unpaired) electrons. The zero-order valence-electron chi connectivity index (χ0n) is 20.1. The van der Waals surface area contributed by atoms with Crippen LogP contribution < -0.4 is 20.1 Å². The van der Waals surface area contributed by atoms with Crippen LogP contribution in [-0.4, -0.2) is 33.6 Å². The second kappa shape index (κ2) is 10.1. The molecule has 0 bridgehead atoms. The molecule has 186 valence electrons. The maximum atomic E-state index is 13.0. The van der Waals surface area contributed by atoms with Crippen LogP contribution in [0.1, 0.15) is 5.56 Å². The molecule has 3 heterocycles. The highest BCUT2D eigenvalue weighted by Crippen LogP contribution is 2.40. The van der Waals surface area contributed by atoms with Crippen LogP contribution in [0.2, 0.25) is 0 Å². The van der Waals surface area contributed by atoms with E-state index in [0.29, 0.717) is 11.5 Å². The van der Waals surface area contributed by atoms with Gasteiger partial charge in [-0.25, -0.2) is 14.7 Å². The van der Waals surface area contributed by atoms with Crippen molar-refractivity contribution < 1.29 is 19.1 Å². The molecular weight excluding hydrogens is 490 g/mol. The molecule has 0 atom stereocenters. The highest BCUT2D eigenvalue weighted by atomic mass is 32.1. The minimum absolute atomic E-state index is 0.0108. The summed E-state index contributed by atoms with van der Waals surface area (Å²) in [7, 11) is 3.39. The fourth-order valence-electron chi connectivity index (χ4n) is 3.97. The Bertz CT molecular complexity index is 1600. The quantitative estimate of drug-likeness (QED) is 0.322. The third-order valence-electron chi connectivity index (χ3n) is 5.71. The van der Waals surface area contributed by atoms with Crippen molar-refractivity contribution in [2.45, 2.75) is 6.42 Å². The molecule has 5 rings (SSSR count). The van der Waals surface area contributed by atoms with Gasteiger partial charge in [0.25, 0.3) is 0 Å². The lowest BCUT2D eigenvalue weighted by atomic mass is 10.1. The lowest BCUT2D eigenvalue weighted by molar-refractivity contribution is -0.117. The second-order valence-electron chi connectivity index (χ2n) is 8.16. The van der Waals surface area contributed by atoms with Gasteiger partial charge in [-0.3, -0.25) is 9.78 Å². The first kappa shape index (κ1) is 24.0. The molecule has 3 aromatic heterocycles. The van der Waals surface area contributed by atoms with Crippen molar-refractivity contribution in [1.29, 1.82) is 0 Å². The van der Waals surface area contributed by atoms with E-state index < -0.39 is 11.9 Å². The van der Waals surface area contributed by atoms with Crippen molar-refractivity contribution in [3.63, 3.8) is 0 Å². The van der Waals surface area contributed by atoms with Crippen LogP contribution in [-0.2, 0) is 18.3 Å². The Morgan fingerprint density at radius 3 is 2.54 bits per heavy atom. The number of aromatic nitrogens is 3. The Hall–Kier alpha value is -4.70. The number of nitrogens with zero attached hydrogens (tertiary/aromatic N) is 4. The van der Waals surface area contributed by atoms with Crippen molar-refractivity contribution in [1.82, 2.24) is 14.5 Å². The standard InChI is InChI=1S/C27H23N5O4S/c1-31-13-12-30-26(31)23-16-19-25(37-23)21(10-11-29-19)36-18-8-9-20(22(15-18)35-2)32(27(28)34)24(33)14-17-6-4-3-5-7-17/h3-13,15-16H,14H2,1-2H3,(H2,28,34). The van der Waals surface area contributed by atoms with Gasteiger partial charge in [0.2, 0.25) is 5.91 Å². The van der Waals surface area contributed by atoms with Gasteiger partial charge in [0.15, 0.2) is 0 Å². The molecule has 0 aliphatic rings. The van der Waals surface area contributed by atoms with Gasteiger partial charge in [-0.15, -0.1) is 11.3 Å². The monoisotopic (exact) mass is 513 g/mol. The molecule has 0 unspecified atom stereocenters. The highest BCUT2D eigenvalue weighted by molar-refractivity contribution is 7.22. The molecule has 0 spiro atoms. The number of hydrogen-bond acceptors (Lipinski definition) is 7. The Balaban J connectivity index is 1.44. The number of pyridine rings is 1. The summed E-state index contributed by atoms with van der Waals surface area (Å²) >= 11 is 1.53. The Labute approximate surface area is 216 Å². The number of methoxy groups -OCH3 is 1. The number of amides is 3. The fraction of sp³-hybridized carbons (Fsp3) is 0.111. The topological polar surface area (TPSA) is 113 Å². The average Bonchev–Trinajstić information content (AvgIpc) is 3.51. The van der Waals surface area contributed by atoms with Gasteiger partial charge in [0.1, 0.15) is 23.1 Å². The van der Waals surface area contributed by atoms with Gasteiger partial charge in [-0.1, -0.05) is 30.3 Å². The van der Waals surface area contributed by atoms with Crippen molar-refractivity contribution in [3.05, 3.63) is 84.8 Å². The summed E-state index contributed by atoms with van der Waals surface area (Å²) in [4.78, 5) is 36.0. The summed E-state index contributed by atoms with van der Waals surface area (Å²) in [6.45, 7) is 0. The number of carbonyl (C=O) groups is 2. The summed E-state index contributed by atoms with van der Waals surface area (Å²) < 4.78 is 14.5. The van der Waals surface area contributed by atoms with E-state index in [9.17, 15) is 9.59 Å². The van der Waals surface area contributed by atoms with Crippen molar-refractivity contribution in [2.24, 2.45) is 12.8 Å². The van der Waals surface area contributed by atoms with Crippen molar-refractivity contribution >= 4 is 39.2 Å². The van der Waals surface area contributed by atoms with Gasteiger partial charge in [-0.2, -0.15) is 0 Å². The maximum absolute atomic E-state index is 13.0. The number of nitrogens with two attached hydrogens (primary N) is 1. The number of hydrogen-bond donors (Lipinski definition) is 1. The molecule has 10 heteroatoms. The largest absolute Gasteiger partial charge is 0.494 e. The normalized spacial score (nSPS) is 10.9. The molecule has 2 aromatic carbocycles. The number of anilines is 1. The number of rotatable bonds is 7. The number of urea groups is 1. The summed E-state index contributed by atoms with van der Waals surface area (Å²) in [5.41, 5.74) is 7.38. The molecule has 0 saturated carbocycles. The van der Waals surface area contributed by atoms with E-state index in [1.165, 1.54) is 18.4 Å². The van der Waals surface area contributed by atoms with E-state index in [4.69, 9.17) is 15.2 Å². The second-order valence-corrected chi connectivity index (χ2v) is 9.21. The van der Waals surface area contributed by atoms with E-state index >= 15 is 0 Å². The van der Waals surface area contributed by atoms with Crippen LogP contribution in [0.25, 0.3) is 20.9 Å². The molecule has 9 nitrogen and oxygen atoms in total. The number of ether oxygens (including phenoxy) is 2. The Morgan fingerprint density at radius 1 is 1.03 bits per heavy atom. The summed E-state index contributed by atoms with van der Waals surface area (Å²) in [6.07, 6.45) is 5.32. The average molecular weight is 514 g/mol. The number of fused-ring (bicyclic) bond motifs is 1. The van der Waals surface area contributed by atoms with E-state index in [-0.39, 0.29) is 17.9 Å². The zero-order valence-corrected chi connectivity index (χ0v) is 20.9. The van der Waals surface area contributed by atoms with E-state index in [0.717, 1.165) is 31.4 Å². The third kappa shape index (κ3) is 4.87. The van der Waals surface area contributed by atoms with E-state index in [1.54, 1.807) is 36.7 Å². The first-order valence-corrected chi connectivity index (χ1v) is 12.1. The number of carbonyl (C=O) groups excluding carboxylic acids is 2. The minimum Gasteiger partial charge on any atom is -0.494 e. The molecule has 0 aliphatic heterocycles. The van der Waals surface area contributed by atoms with Crippen LogP contribution in [0.3, 0.4) is 0 Å². The van der Waals surface area contributed by atoms with E-state index in [1.807, 2.05) is 54.2 Å². The highest BCUT2D eigenvalue weighted by Gasteiger charge is 2.25. The Kier molecular flexibility index (Phi) is 6.57. The van der Waals surface area contributed by atoms with Crippen molar-refractivity contribution in [3.8, 4) is 28.0 Å². The van der Waals surface area contributed by atoms with Gasteiger partial charge in [0.05, 0.1) is 34.3 Å². The van der Waals surface area contributed by atoms with Crippen molar-refractivity contribution in [2.75, 3.05) is 12.0 Å². The molecule has 37 heavy (non-hydrogen) atoms. The van der Waals surface area contributed by atoms with E-state index in [2.05, 4.69) is 9.97 Å². The lowest BCUT2D eigenvalue weighted by Gasteiger charge is -2.21. The van der Waals surface area contributed by atoms with Crippen LogP contribution >= 0.6 is 11.3 Å². The molecule has 2 N–H and O–H groups in total. The maximum Gasteiger partial charge on any atom is 0.326 e. The predicted octanol–water partition coefficient (Wildman–Crippen LogP) is 5.15. The van der Waals surface area contributed by atoms with Gasteiger partial charge in [-0.05, 0) is 23.8 Å². The smallest absolute Gasteiger partial charge is 0.326 e. The molecule has 5 aromatic rings. The first-order valence-electron chi connectivity index (χ1n) is 11.3. The third-order valence-corrected chi connectivity index (χ3v) is 6.84. The molecule has 0 saturated heterocycles. The summed E-state index contributed by atoms with van der Waals surface area (Å²) in [6, 6.07) is 16.8. The molecular formula is C27H23N5O4S. The number of primary amides is 1. The van der Waals surface area contributed by atoms with Gasteiger partial charge < -0.3 is 19.8 Å². The number of thiophene rings is 1.